The molecule has 0 spiro atoms. The van der Waals surface area contributed by atoms with Crippen molar-refractivity contribution in [1.82, 2.24) is 14.9 Å². The molecule has 1 N–H and O–H groups in total. The molecule has 1 amide bonds. The molecule has 0 radical (unpaired) electrons. The highest BCUT2D eigenvalue weighted by Gasteiger charge is 2.40. The smallest absolute Gasteiger partial charge is 0.332 e. The molecule has 0 aliphatic heterocycles. The molecule has 0 saturated heterocycles. The number of alkyl halides is 6. The van der Waals surface area contributed by atoms with Crippen LogP contribution in [-0.4, -0.2) is 21.0 Å². The Morgan fingerprint density at radius 1 is 1.03 bits per heavy atom. The lowest BCUT2D eigenvalue weighted by Gasteiger charge is -2.25. The molecule has 11 heteroatoms. The van der Waals surface area contributed by atoms with Gasteiger partial charge in [0.15, 0.2) is 0 Å². The summed E-state index contributed by atoms with van der Waals surface area (Å²) >= 11 is 0. The number of imidazole rings is 1. The van der Waals surface area contributed by atoms with Crippen LogP contribution in [0.5, 0.6) is 0 Å². The first kappa shape index (κ1) is 22.1. The summed E-state index contributed by atoms with van der Waals surface area (Å²) in [5.41, 5.74) is -2.79. The number of rotatable bonds is 4. The first-order valence-corrected chi connectivity index (χ1v) is 8.77. The zero-order valence-electron chi connectivity index (χ0n) is 15.8. The zero-order valence-corrected chi connectivity index (χ0v) is 15.8. The topological polar surface area (TPSA) is 70.7 Å². The molecule has 1 atom stereocenters. The SMILES string of the molecule is CC(C#N)(Cn1c(C(F)(F)F)nc2ccccc21)NC(=O)c1ccc(C(F)(F)F)cc1. The average Bonchev–Trinajstić information content (AvgIpc) is 3.06. The normalized spacial score (nSPS) is 14.1. The predicted molar refractivity (Wildman–Crippen MR) is 97.7 cm³/mol. The van der Waals surface area contributed by atoms with Crippen LogP contribution in [0, 0.1) is 11.3 Å². The summed E-state index contributed by atoms with van der Waals surface area (Å²) in [5, 5.41) is 11.9. The molecule has 3 aromatic rings. The molecule has 1 aromatic heterocycles. The van der Waals surface area contributed by atoms with E-state index in [2.05, 4.69) is 10.3 Å². The number of para-hydroxylation sites is 2. The maximum absolute atomic E-state index is 13.5. The Morgan fingerprint density at radius 3 is 2.19 bits per heavy atom. The van der Waals surface area contributed by atoms with E-state index in [4.69, 9.17) is 0 Å². The zero-order chi connectivity index (χ0) is 23.0. The molecule has 0 aliphatic carbocycles. The van der Waals surface area contributed by atoms with Crippen molar-refractivity contribution in [3.05, 3.63) is 65.5 Å². The molecule has 0 fully saturated rings. The van der Waals surface area contributed by atoms with Crippen LogP contribution in [0.2, 0.25) is 0 Å². The summed E-state index contributed by atoms with van der Waals surface area (Å²) in [4.78, 5) is 16.0. The number of nitriles is 1. The van der Waals surface area contributed by atoms with Gasteiger partial charge in [0.05, 0.1) is 29.2 Å². The summed E-state index contributed by atoms with van der Waals surface area (Å²) < 4.78 is 79.3. The van der Waals surface area contributed by atoms with Crippen molar-refractivity contribution in [2.75, 3.05) is 0 Å². The summed E-state index contributed by atoms with van der Waals surface area (Å²) in [6.45, 7) is 0.620. The third kappa shape index (κ3) is 4.63. The second-order valence-electron chi connectivity index (χ2n) is 6.98. The molecule has 0 bridgehead atoms. The van der Waals surface area contributed by atoms with Crippen molar-refractivity contribution >= 4 is 16.9 Å². The van der Waals surface area contributed by atoms with Gasteiger partial charge < -0.3 is 9.88 Å². The van der Waals surface area contributed by atoms with E-state index in [9.17, 15) is 36.4 Å². The van der Waals surface area contributed by atoms with E-state index in [1.807, 2.05) is 0 Å². The third-order valence-electron chi connectivity index (χ3n) is 4.49. The third-order valence-corrected chi connectivity index (χ3v) is 4.49. The first-order valence-electron chi connectivity index (χ1n) is 8.77. The Morgan fingerprint density at radius 2 is 1.65 bits per heavy atom. The number of amides is 1. The fourth-order valence-corrected chi connectivity index (χ4v) is 3.00. The van der Waals surface area contributed by atoms with Crippen molar-refractivity contribution in [3.8, 4) is 6.07 Å². The summed E-state index contributed by atoms with van der Waals surface area (Å²) in [6, 6.07) is 10.8. The number of hydrogen-bond donors (Lipinski definition) is 1. The van der Waals surface area contributed by atoms with Gasteiger partial charge in [-0.2, -0.15) is 31.6 Å². The molecule has 1 unspecified atom stereocenters. The quantitative estimate of drug-likeness (QED) is 0.594. The van der Waals surface area contributed by atoms with Gasteiger partial charge in [0, 0.05) is 5.56 Å². The van der Waals surface area contributed by atoms with E-state index >= 15 is 0 Å². The summed E-state index contributed by atoms with van der Waals surface area (Å²) in [6.07, 6.45) is -9.40. The Hall–Kier alpha value is -3.55. The van der Waals surface area contributed by atoms with E-state index < -0.39 is 41.7 Å². The van der Waals surface area contributed by atoms with Gasteiger partial charge in [0.2, 0.25) is 5.82 Å². The minimum absolute atomic E-state index is 0.0594. The molecule has 0 saturated carbocycles. The van der Waals surface area contributed by atoms with Crippen LogP contribution in [-0.2, 0) is 18.9 Å². The molecular weight excluding hydrogens is 426 g/mol. The highest BCUT2D eigenvalue weighted by atomic mass is 19.4. The van der Waals surface area contributed by atoms with Crippen LogP contribution in [0.4, 0.5) is 26.3 Å². The number of carbonyl (C=O) groups excluding carboxylic acids is 1. The molecular formula is C20H14F6N4O. The van der Waals surface area contributed by atoms with Gasteiger partial charge in [-0.3, -0.25) is 4.79 Å². The highest BCUT2D eigenvalue weighted by Crippen LogP contribution is 2.33. The number of carbonyl (C=O) groups is 1. The van der Waals surface area contributed by atoms with Gasteiger partial charge in [-0.15, -0.1) is 0 Å². The minimum atomic E-state index is -4.81. The van der Waals surface area contributed by atoms with Gasteiger partial charge in [0.1, 0.15) is 5.54 Å². The average molecular weight is 440 g/mol. The van der Waals surface area contributed by atoms with Crippen LogP contribution in [0.3, 0.4) is 0 Å². The maximum atomic E-state index is 13.5. The van der Waals surface area contributed by atoms with Crippen LogP contribution in [0.15, 0.2) is 48.5 Å². The lowest BCUT2D eigenvalue weighted by Crippen LogP contribution is -2.48. The van der Waals surface area contributed by atoms with Gasteiger partial charge >= 0.3 is 12.4 Å². The standard InChI is InChI=1S/C20H14F6N4O/c1-18(10-27,29-16(31)12-6-8-13(9-7-12)19(21,22)23)11-30-15-5-3-2-4-14(15)28-17(30)20(24,25)26/h2-9H,11H2,1H3,(H,29,31). The van der Waals surface area contributed by atoms with Crippen LogP contribution in [0.25, 0.3) is 11.0 Å². The Labute approximate surface area is 171 Å². The number of fused-ring (bicyclic) bond motifs is 1. The Bertz CT molecular complexity index is 1160. The molecule has 2 aromatic carbocycles. The van der Waals surface area contributed by atoms with Crippen LogP contribution >= 0.6 is 0 Å². The molecule has 31 heavy (non-hydrogen) atoms. The first-order chi connectivity index (χ1) is 14.3. The van der Waals surface area contributed by atoms with Crippen molar-refractivity contribution in [1.29, 1.82) is 5.26 Å². The number of hydrogen-bond acceptors (Lipinski definition) is 3. The number of nitrogens with zero attached hydrogens (tertiary/aromatic N) is 3. The van der Waals surface area contributed by atoms with Crippen molar-refractivity contribution in [3.63, 3.8) is 0 Å². The fourth-order valence-electron chi connectivity index (χ4n) is 3.00. The molecule has 0 aliphatic rings. The summed E-state index contributed by atoms with van der Waals surface area (Å²) in [7, 11) is 0. The monoisotopic (exact) mass is 440 g/mol. The number of aromatic nitrogens is 2. The van der Waals surface area contributed by atoms with E-state index in [0.29, 0.717) is 12.1 Å². The van der Waals surface area contributed by atoms with Crippen LogP contribution < -0.4 is 5.32 Å². The largest absolute Gasteiger partial charge is 0.449 e. The molecule has 5 nitrogen and oxygen atoms in total. The molecule has 162 valence electrons. The number of benzene rings is 2. The van der Waals surface area contributed by atoms with Crippen LogP contribution in [0.1, 0.15) is 28.7 Å². The highest BCUT2D eigenvalue weighted by molar-refractivity contribution is 5.95. The van der Waals surface area contributed by atoms with Gasteiger partial charge in [0.25, 0.3) is 5.91 Å². The minimum Gasteiger partial charge on any atom is -0.332 e. The lowest BCUT2D eigenvalue weighted by molar-refractivity contribution is -0.147. The lowest BCUT2D eigenvalue weighted by atomic mass is 10.0. The predicted octanol–water partition coefficient (Wildman–Crippen LogP) is 4.79. The second-order valence-corrected chi connectivity index (χ2v) is 6.98. The van der Waals surface area contributed by atoms with Crippen molar-refractivity contribution < 1.29 is 31.1 Å². The number of halogens is 6. The van der Waals surface area contributed by atoms with E-state index in [-0.39, 0.29) is 16.6 Å². The Kier molecular flexibility index (Phi) is 5.43. The molecule has 1 heterocycles. The number of nitrogens with one attached hydrogen (secondary N) is 1. The second kappa shape index (κ2) is 7.61. The summed E-state index contributed by atoms with van der Waals surface area (Å²) in [5.74, 6) is -2.14. The molecule has 3 rings (SSSR count). The van der Waals surface area contributed by atoms with E-state index in [1.54, 1.807) is 6.07 Å². The Balaban J connectivity index is 1.92. The van der Waals surface area contributed by atoms with Gasteiger partial charge in [-0.05, 0) is 43.3 Å². The maximum Gasteiger partial charge on any atom is 0.449 e. The van der Waals surface area contributed by atoms with Crippen molar-refractivity contribution in [2.45, 2.75) is 31.4 Å². The van der Waals surface area contributed by atoms with E-state index in [0.717, 1.165) is 16.7 Å². The van der Waals surface area contributed by atoms with Gasteiger partial charge in [-0.25, -0.2) is 4.98 Å². The van der Waals surface area contributed by atoms with Gasteiger partial charge in [-0.1, -0.05) is 12.1 Å². The van der Waals surface area contributed by atoms with Crippen molar-refractivity contribution in [2.24, 2.45) is 0 Å². The van der Waals surface area contributed by atoms with E-state index in [1.165, 1.54) is 31.2 Å². The fraction of sp³-hybridized carbons (Fsp3) is 0.250.